The minimum Gasteiger partial charge on any atom is -0.311 e. The molecule has 2 heterocycles. The number of aromatic nitrogens is 2. The molecule has 1 N–H and O–H groups in total. The molecule has 0 atom stereocenters. The Labute approximate surface area is 147 Å². The average Bonchev–Trinajstić information content (AvgIpc) is 2.52. The van der Waals surface area contributed by atoms with Crippen LogP contribution in [0.5, 0.6) is 0 Å². The summed E-state index contributed by atoms with van der Waals surface area (Å²) in [6.07, 6.45) is 6.49. The third kappa shape index (κ3) is 3.56. The highest BCUT2D eigenvalue weighted by atomic mass is 32.2. The molecule has 1 saturated carbocycles. The lowest BCUT2D eigenvalue weighted by atomic mass is 9.81. The molecule has 0 radical (unpaired) electrons. The van der Waals surface area contributed by atoms with Crippen molar-refractivity contribution in [3.63, 3.8) is 0 Å². The molecule has 2 aromatic rings. The first-order valence-electron chi connectivity index (χ1n) is 8.18. The third-order valence-electron chi connectivity index (χ3n) is 4.85. The van der Waals surface area contributed by atoms with Gasteiger partial charge < -0.3 is 5.32 Å². The molecule has 2 aromatic heterocycles. The summed E-state index contributed by atoms with van der Waals surface area (Å²) in [4.78, 5) is 20.9. The van der Waals surface area contributed by atoms with E-state index in [1.807, 2.05) is 25.1 Å². The van der Waals surface area contributed by atoms with Gasteiger partial charge in [-0.2, -0.15) is 0 Å². The van der Waals surface area contributed by atoms with Crippen LogP contribution < -0.4 is 5.32 Å². The minimum absolute atomic E-state index is 0.0275. The molecule has 132 valence electrons. The van der Waals surface area contributed by atoms with Crippen molar-refractivity contribution in [2.45, 2.75) is 37.4 Å². The van der Waals surface area contributed by atoms with Gasteiger partial charge in [-0.1, -0.05) is 12.5 Å². The van der Waals surface area contributed by atoms with Crippen LogP contribution >= 0.6 is 0 Å². The summed E-state index contributed by atoms with van der Waals surface area (Å²) in [6.45, 7) is 1.93. The van der Waals surface area contributed by atoms with Gasteiger partial charge in [0, 0.05) is 30.6 Å². The van der Waals surface area contributed by atoms with E-state index in [1.165, 1.54) is 6.26 Å². The molecule has 0 bridgehead atoms. The zero-order valence-corrected chi connectivity index (χ0v) is 15.1. The summed E-state index contributed by atoms with van der Waals surface area (Å²) < 4.78 is 23.1. The molecule has 1 fully saturated rings. The molecule has 6 nitrogen and oxygen atoms in total. The fraction of sp³-hybridized carbons (Fsp3) is 0.389. The van der Waals surface area contributed by atoms with Crippen molar-refractivity contribution >= 4 is 21.6 Å². The highest BCUT2D eigenvalue weighted by Gasteiger charge is 2.47. The van der Waals surface area contributed by atoms with Crippen molar-refractivity contribution in [3.8, 4) is 11.3 Å². The summed E-state index contributed by atoms with van der Waals surface area (Å²) in [5.74, 6) is 0.0766. The molecular formula is C18H21N3O3S. The lowest BCUT2D eigenvalue weighted by molar-refractivity contribution is -0.117. The van der Waals surface area contributed by atoms with Gasteiger partial charge in [-0.25, -0.2) is 13.4 Å². The van der Waals surface area contributed by atoms with E-state index in [1.54, 1.807) is 18.5 Å². The topological polar surface area (TPSA) is 89.0 Å². The predicted octanol–water partition coefficient (Wildman–Crippen LogP) is 2.75. The summed E-state index contributed by atoms with van der Waals surface area (Å²) >= 11 is 0. The van der Waals surface area contributed by atoms with E-state index in [0.29, 0.717) is 18.7 Å². The lowest BCUT2D eigenvalue weighted by Crippen LogP contribution is -2.47. The second-order valence-corrected chi connectivity index (χ2v) is 9.04. The van der Waals surface area contributed by atoms with Gasteiger partial charge in [0.25, 0.3) is 0 Å². The normalized spacial score (nSPS) is 16.1. The van der Waals surface area contributed by atoms with Crippen molar-refractivity contribution in [2.24, 2.45) is 0 Å². The van der Waals surface area contributed by atoms with E-state index < -0.39 is 14.6 Å². The predicted molar refractivity (Wildman–Crippen MR) is 96.9 cm³/mol. The second-order valence-electron chi connectivity index (χ2n) is 6.63. The Bertz CT molecular complexity index is 891. The molecule has 1 aliphatic rings. The molecule has 1 amide bonds. The number of anilines is 1. The first kappa shape index (κ1) is 17.5. The fourth-order valence-electron chi connectivity index (χ4n) is 3.12. The number of hydrogen-bond donors (Lipinski definition) is 1. The zero-order valence-electron chi connectivity index (χ0n) is 14.3. The van der Waals surface area contributed by atoms with Crippen LogP contribution in [-0.2, 0) is 14.6 Å². The van der Waals surface area contributed by atoms with Crippen LogP contribution in [0.25, 0.3) is 11.3 Å². The van der Waals surface area contributed by atoms with Gasteiger partial charge in [0.2, 0.25) is 5.91 Å². The number of carbonyl (C=O) groups is 1. The average molecular weight is 359 g/mol. The van der Waals surface area contributed by atoms with E-state index in [2.05, 4.69) is 15.3 Å². The number of amides is 1. The van der Waals surface area contributed by atoms with E-state index in [4.69, 9.17) is 0 Å². The van der Waals surface area contributed by atoms with Crippen LogP contribution in [0.15, 0.2) is 36.7 Å². The Kier molecular flexibility index (Phi) is 4.60. The highest BCUT2D eigenvalue weighted by Crippen LogP contribution is 2.42. The zero-order chi connectivity index (χ0) is 18.1. The van der Waals surface area contributed by atoms with E-state index >= 15 is 0 Å². The minimum atomic E-state index is -3.26. The van der Waals surface area contributed by atoms with Crippen LogP contribution in [0.3, 0.4) is 0 Å². The Hall–Kier alpha value is -2.28. The van der Waals surface area contributed by atoms with Crippen molar-refractivity contribution in [3.05, 3.63) is 42.2 Å². The summed E-state index contributed by atoms with van der Waals surface area (Å²) in [5.41, 5.74) is 2.63. The molecule has 25 heavy (non-hydrogen) atoms. The maximum atomic E-state index is 12.4. The Morgan fingerprint density at radius 3 is 2.60 bits per heavy atom. The Morgan fingerprint density at radius 2 is 2.04 bits per heavy atom. The smallest absolute Gasteiger partial charge is 0.227 e. The Balaban J connectivity index is 1.78. The highest BCUT2D eigenvalue weighted by molar-refractivity contribution is 7.92. The van der Waals surface area contributed by atoms with E-state index in [9.17, 15) is 13.2 Å². The number of nitrogens with one attached hydrogen (secondary N) is 1. The first-order chi connectivity index (χ1) is 11.8. The summed E-state index contributed by atoms with van der Waals surface area (Å²) in [5, 5.41) is 2.73. The molecule has 1 aliphatic carbocycles. The van der Waals surface area contributed by atoms with Crippen molar-refractivity contribution in [1.29, 1.82) is 0 Å². The van der Waals surface area contributed by atoms with Gasteiger partial charge in [0.15, 0.2) is 9.84 Å². The fourth-order valence-corrected chi connectivity index (χ4v) is 4.54. The molecule has 0 spiro atoms. The number of rotatable bonds is 5. The lowest BCUT2D eigenvalue weighted by Gasteiger charge is -2.39. The Morgan fingerprint density at radius 1 is 1.28 bits per heavy atom. The molecule has 0 unspecified atom stereocenters. The SMILES string of the molecule is Cc1cnc(NC(=O)CC2(S(C)(=O)=O)CCC2)cc1-c1ccccn1. The quantitative estimate of drug-likeness (QED) is 0.887. The number of nitrogens with zero attached hydrogens (tertiary/aromatic N) is 2. The summed E-state index contributed by atoms with van der Waals surface area (Å²) in [7, 11) is -3.26. The third-order valence-corrected chi connectivity index (χ3v) is 6.97. The van der Waals surface area contributed by atoms with Gasteiger partial charge in [0.1, 0.15) is 5.82 Å². The van der Waals surface area contributed by atoms with Gasteiger partial charge in [-0.15, -0.1) is 0 Å². The molecule has 3 rings (SSSR count). The standard InChI is InChI=1S/C18H21N3O3S/c1-13-12-20-16(10-14(13)15-6-3-4-9-19-15)21-17(22)11-18(7-5-8-18)25(2,23)24/h3-4,6,9-10,12H,5,7-8,11H2,1-2H3,(H,20,21,22). The van der Waals surface area contributed by atoms with Gasteiger partial charge in [-0.3, -0.25) is 9.78 Å². The van der Waals surface area contributed by atoms with Crippen LogP contribution in [0, 0.1) is 6.92 Å². The first-order valence-corrected chi connectivity index (χ1v) is 10.1. The van der Waals surface area contributed by atoms with E-state index in [0.717, 1.165) is 23.2 Å². The summed E-state index contributed by atoms with van der Waals surface area (Å²) in [6, 6.07) is 7.39. The van der Waals surface area contributed by atoms with Crippen LogP contribution in [0.1, 0.15) is 31.2 Å². The van der Waals surface area contributed by atoms with Crippen LogP contribution in [-0.4, -0.2) is 35.3 Å². The largest absolute Gasteiger partial charge is 0.311 e. The monoisotopic (exact) mass is 359 g/mol. The van der Waals surface area contributed by atoms with Gasteiger partial charge >= 0.3 is 0 Å². The van der Waals surface area contributed by atoms with E-state index in [-0.39, 0.29) is 12.3 Å². The number of aryl methyl sites for hydroxylation is 1. The van der Waals surface area contributed by atoms with Crippen LogP contribution in [0.2, 0.25) is 0 Å². The maximum absolute atomic E-state index is 12.4. The number of hydrogen-bond acceptors (Lipinski definition) is 5. The van der Waals surface area contributed by atoms with Crippen molar-refractivity contribution in [2.75, 3.05) is 11.6 Å². The molecule has 0 saturated heterocycles. The number of carbonyl (C=O) groups excluding carboxylic acids is 1. The number of pyridine rings is 2. The van der Waals surface area contributed by atoms with Crippen molar-refractivity contribution < 1.29 is 13.2 Å². The second kappa shape index (κ2) is 6.55. The molecule has 0 aromatic carbocycles. The maximum Gasteiger partial charge on any atom is 0.227 e. The van der Waals surface area contributed by atoms with Crippen molar-refractivity contribution in [1.82, 2.24) is 9.97 Å². The molecule has 0 aliphatic heterocycles. The molecular weight excluding hydrogens is 338 g/mol. The van der Waals surface area contributed by atoms with Gasteiger partial charge in [-0.05, 0) is 43.5 Å². The number of sulfone groups is 1. The molecule has 7 heteroatoms. The van der Waals surface area contributed by atoms with Gasteiger partial charge in [0.05, 0.1) is 10.4 Å². The van der Waals surface area contributed by atoms with Crippen LogP contribution in [0.4, 0.5) is 5.82 Å².